The SMILES string of the molecule is CC(=O)O[C@H]1[C@H]2[C@H]([C@@H]3[C@@H](OC(=O)C(C)C)[C@@H]4[C@H]([C@H](C)[C@H]5O[C@]56OC(=O)[C@@](C)(O)[C@]46C)[C@@]3(C)[C@H]1OC(C)=O)[C@@H](O)C(=O)[C@H]1C[C@@H]3O[C@@H]3[C@H](OC(C)=O)[C@]21C. The summed E-state index contributed by atoms with van der Waals surface area (Å²) in [5.74, 6) is -12.5. The Morgan fingerprint density at radius 3 is 1.98 bits per heavy atom. The van der Waals surface area contributed by atoms with Gasteiger partial charge in [0, 0.05) is 61.2 Å². The number of ketones is 1. The fourth-order valence-corrected chi connectivity index (χ4v) is 13.3. The van der Waals surface area contributed by atoms with Gasteiger partial charge in [-0.1, -0.05) is 34.6 Å². The van der Waals surface area contributed by atoms with Crippen molar-refractivity contribution in [3.63, 3.8) is 0 Å². The maximum absolute atomic E-state index is 14.7. The number of epoxide rings is 2. The van der Waals surface area contributed by atoms with Gasteiger partial charge in [0.15, 0.2) is 11.4 Å². The van der Waals surface area contributed by atoms with Crippen molar-refractivity contribution in [3.8, 4) is 0 Å². The monoisotopic (exact) mass is 746 g/mol. The van der Waals surface area contributed by atoms with Crippen LogP contribution in [0, 0.1) is 63.6 Å². The molecule has 0 amide bonds. The number of aliphatic hydroxyl groups excluding tert-OH is 1. The first-order chi connectivity index (χ1) is 24.5. The van der Waals surface area contributed by atoms with Gasteiger partial charge in [0.05, 0.1) is 17.4 Å². The number of fused-ring (bicyclic) bond motifs is 9. The number of rotatable bonds is 5. The average molecular weight is 747 g/mol. The Bertz CT molecular complexity index is 1710. The van der Waals surface area contributed by atoms with E-state index in [0.29, 0.717) is 0 Å². The third kappa shape index (κ3) is 4.25. The largest absolute Gasteiger partial charge is 0.462 e. The van der Waals surface area contributed by atoms with Gasteiger partial charge >= 0.3 is 29.8 Å². The maximum Gasteiger partial charge on any atom is 0.341 e. The molecule has 0 unspecified atom stereocenters. The van der Waals surface area contributed by atoms with Crippen molar-refractivity contribution in [2.45, 2.75) is 136 Å². The molecule has 15 heteroatoms. The van der Waals surface area contributed by atoms with Crippen molar-refractivity contribution in [2.24, 2.45) is 63.6 Å². The molecular formula is C38H50O15. The van der Waals surface area contributed by atoms with E-state index < -0.39 is 159 Å². The van der Waals surface area contributed by atoms with E-state index in [1.165, 1.54) is 27.7 Å². The lowest BCUT2D eigenvalue weighted by Gasteiger charge is -2.65. The summed E-state index contributed by atoms with van der Waals surface area (Å²) in [6, 6.07) is 0. The lowest BCUT2D eigenvalue weighted by Crippen LogP contribution is -2.74. The topological polar surface area (TPSA) is 214 Å². The van der Waals surface area contributed by atoms with Crippen LogP contribution in [0.1, 0.15) is 75.7 Å². The fourth-order valence-electron chi connectivity index (χ4n) is 13.3. The molecule has 0 aromatic carbocycles. The molecule has 0 aromatic rings. The summed E-state index contributed by atoms with van der Waals surface area (Å²) in [6.07, 6.45) is -8.02. The minimum atomic E-state index is -2.16. The Morgan fingerprint density at radius 2 is 1.40 bits per heavy atom. The first-order valence-electron chi connectivity index (χ1n) is 18.8. The Labute approximate surface area is 307 Å². The summed E-state index contributed by atoms with van der Waals surface area (Å²) in [7, 11) is 0. The van der Waals surface area contributed by atoms with Crippen molar-refractivity contribution in [1.29, 1.82) is 0 Å². The molecular weight excluding hydrogens is 696 g/mol. The molecule has 3 aliphatic heterocycles. The molecule has 3 heterocycles. The van der Waals surface area contributed by atoms with E-state index >= 15 is 0 Å². The normalized spacial score (nSPS) is 55.1. The first kappa shape index (κ1) is 36.8. The number of carbonyl (C=O) groups excluding carboxylic acids is 6. The molecule has 53 heavy (non-hydrogen) atoms. The minimum Gasteiger partial charge on any atom is -0.462 e. The zero-order valence-corrected chi connectivity index (χ0v) is 31.6. The summed E-state index contributed by atoms with van der Waals surface area (Å²) >= 11 is 0. The third-order valence-corrected chi connectivity index (χ3v) is 15.4. The van der Waals surface area contributed by atoms with Crippen LogP contribution in [-0.2, 0) is 61.9 Å². The molecule has 20 atom stereocenters. The van der Waals surface area contributed by atoms with Crippen LogP contribution in [0.5, 0.6) is 0 Å². The molecule has 8 rings (SSSR count). The van der Waals surface area contributed by atoms with Crippen LogP contribution in [0.4, 0.5) is 0 Å². The molecule has 8 aliphatic rings. The Balaban J connectivity index is 1.42. The van der Waals surface area contributed by atoms with Gasteiger partial charge in [0.25, 0.3) is 0 Å². The highest BCUT2D eigenvalue weighted by Gasteiger charge is 2.93. The van der Waals surface area contributed by atoms with E-state index in [1.807, 2.05) is 13.8 Å². The second-order valence-electron chi connectivity index (χ2n) is 18.1. The lowest BCUT2D eigenvalue weighted by atomic mass is 9.41. The highest BCUT2D eigenvalue weighted by molar-refractivity contribution is 5.88. The van der Waals surface area contributed by atoms with Gasteiger partial charge in [-0.2, -0.15) is 0 Å². The minimum absolute atomic E-state index is 0.209. The third-order valence-electron chi connectivity index (χ3n) is 15.4. The van der Waals surface area contributed by atoms with Crippen LogP contribution in [-0.4, -0.2) is 106 Å². The Hall–Kier alpha value is -3.14. The molecule has 0 radical (unpaired) electrons. The van der Waals surface area contributed by atoms with Gasteiger partial charge in [-0.05, 0) is 32.1 Å². The van der Waals surface area contributed by atoms with E-state index in [4.69, 9.17) is 33.2 Å². The van der Waals surface area contributed by atoms with E-state index in [0.717, 1.165) is 0 Å². The summed E-state index contributed by atoms with van der Waals surface area (Å²) in [5, 5.41) is 24.6. The standard InChI is InChI=1S/C38H50O15/c1-12(2)32(44)51-27-21-19-22(34(7)17(24(42)25(19)43)11-18-26(50-18)30(34)48-15(5)40)28(47-14(4)39)31(49-16(6)41)35(21,8)20-13(3)29-38(52-29)36(9,23(20)27)37(10,46)33(45)53-38/h12-13,17-23,25-31,43,46H,11H2,1-10H3/t13-,17+,18-,19-,20-,21+,22+,23-,25+,26-,27+,28-,29+,30-,31-,34-,35+,36-,37+,38-/m0/s1. The van der Waals surface area contributed by atoms with Crippen LogP contribution >= 0.6 is 0 Å². The number of carbonyl (C=O) groups is 6. The van der Waals surface area contributed by atoms with Crippen LogP contribution in [0.2, 0.25) is 0 Å². The average Bonchev–Trinajstić information content (AvgIpc) is 3.95. The summed E-state index contributed by atoms with van der Waals surface area (Å²) in [6.45, 7) is 15.5. The summed E-state index contributed by atoms with van der Waals surface area (Å²) < 4.78 is 43.2. The highest BCUT2D eigenvalue weighted by atomic mass is 16.8. The van der Waals surface area contributed by atoms with Crippen molar-refractivity contribution in [3.05, 3.63) is 0 Å². The van der Waals surface area contributed by atoms with Gasteiger partial charge in [0.1, 0.15) is 42.7 Å². The van der Waals surface area contributed by atoms with Crippen LogP contribution in [0.25, 0.3) is 0 Å². The van der Waals surface area contributed by atoms with Gasteiger partial charge in [-0.25, -0.2) is 4.79 Å². The van der Waals surface area contributed by atoms with Gasteiger partial charge in [-0.15, -0.1) is 0 Å². The van der Waals surface area contributed by atoms with E-state index in [1.54, 1.807) is 27.7 Å². The molecule has 2 N–H and O–H groups in total. The van der Waals surface area contributed by atoms with E-state index in [-0.39, 0.29) is 6.42 Å². The molecule has 15 nitrogen and oxygen atoms in total. The predicted octanol–water partition coefficient (Wildman–Crippen LogP) is 1.26. The zero-order valence-electron chi connectivity index (χ0n) is 31.6. The van der Waals surface area contributed by atoms with Crippen molar-refractivity contribution >= 4 is 35.6 Å². The van der Waals surface area contributed by atoms with Gasteiger partial charge in [0.2, 0.25) is 5.79 Å². The maximum atomic E-state index is 14.7. The number of ether oxygens (including phenoxy) is 7. The molecule has 5 saturated carbocycles. The number of esters is 5. The van der Waals surface area contributed by atoms with Crippen molar-refractivity contribution in [2.75, 3.05) is 0 Å². The van der Waals surface area contributed by atoms with Gasteiger partial charge < -0.3 is 43.4 Å². The highest BCUT2D eigenvalue weighted by Crippen LogP contribution is 2.81. The van der Waals surface area contributed by atoms with E-state index in [9.17, 15) is 39.0 Å². The smallest absolute Gasteiger partial charge is 0.341 e. The second-order valence-corrected chi connectivity index (χ2v) is 18.1. The Kier molecular flexibility index (Phi) is 7.64. The Morgan fingerprint density at radius 1 is 0.811 bits per heavy atom. The predicted molar refractivity (Wildman–Crippen MR) is 174 cm³/mol. The molecule has 5 aliphatic carbocycles. The van der Waals surface area contributed by atoms with Crippen LogP contribution in [0.15, 0.2) is 0 Å². The molecule has 1 spiro atoms. The summed E-state index contributed by atoms with van der Waals surface area (Å²) in [5.41, 5.74) is -6.44. The molecule has 0 aromatic heterocycles. The fraction of sp³-hybridized carbons (Fsp3) is 0.842. The number of Topliss-reactive ketones (excluding diaryl/α,β-unsaturated/α-hetero) is 1. The van der Waals surface area contributed by atoms with E-state index in [2.05, 4.69) is 0 Å². The number of aliphatic hydroxyl groups is 2. The van der Waals surface area contributed by atoms with Crippen LogP contribution < -0.4 is 0 Å². The van der Waals surface area contributed by atoms with Gasteiger partial charge in [-0.3, -0.25) is 24.0 Å². The molecule has 8 fully saturated rings. The second kappa shape index (κ2) is 11.0. The molecule has 3 saturated heterocycles. The summed E-state index contributed by atoms with van der Waals surface area (Å²) in [4.78, 5) is 81.3. The van der Waals surface area contributed by atoms with Crippen molar-refractivity contribution < 1.29 is 72.1 Å². The van der Waals surface area contributed by atoms with Crippen molar-refractivity contribution in [1.82, 2.24) is 0 Å². The number of hydrogen-bond donors (Lipinski definition) is 2. The van der Waals surface area contributed by atoms with Crippen LogP contribution in [0.3, 0.4) is 0 Å². The quantitative estimate of drug-likeness (QED) is 0.230. The molecule has 292 valence electrons. The molecule has 0 bridgehead atoms. The lowest BCUT2D eigenvalue weighted by molar-refractivity contribution is -0.273. The number of hydrogen-bond acceptors (Lipinski definition) is 15. The first-order valence-corrected chi connectivity index (χ1v) is 18.8. The zero-order chi connectivity index (χ0) is 38.9.